The number of rotatable bonds is 5. The highest BCUT2D eigenvalue weighted by atomic mass is 35.5. The second kappa shape index (κ2) is 6.67. The summed E-state index contributed by atoms with van der Waals surface area (Å²) in [6, 6.07) is 12.4. The van der Waals surface area contributed by atoms with Gasteiger partial charge in [0.25, 0.3) is 0 Å². The van der Waals surface area contributed by atoms with Gasteiger partial charge in [-0.25, -0.2) is 0 Å². The average molecular weight is 289 g/mol. The minimum atomic E-state index is 0.803. The molecule has 0 aliphatic heterocycles. The normalized spacial score (nSPS) is 10.4. The summed E-state index contributed by atoms with van der Waals surface area (Å²) in [6.07, 6.45) is 0. The third-order valence-electron chi connectivity index (χ3n) is 3.41. The van der Waals surface area contributed by atoms with Gasteiger partial charge in [-0.2, -0.15) is 0 Å². The predicted molar refractivity (Wildman–Crippen MR) is 89.1 cm³/mol. The van der Waals surface area contributed by atoms with Gasteiger partial charge in [-0.1, -0.05) is 35.9 Å². The van der Waals surface area contributed by atoms with Crippen LogP contribution in [0.4, 0.5) is 11.4 Å². The van der Waals surface area contributed by atoms with Crippen molar-refractivity contribution in [2.45, 2.75) is 20.8 Å². The molecule has 0 radical (unpaired) electrons. The van der Waals surface area contributed by atoms with E-state index < -0.39 is 0 Å². The molecule has 0 heterocycles. The molecule has 0 aromatic heterocycles. The van der Waals surface area contributed by atoms with E-state index in [1.165, 1.54) is 16.8 Å². The number of hydrogen-bond donors (Lipinski definition) is 2. The van der Waals surface area contributed by atoms with E-state index in [0.717, 1.165) is 29.4 Å². The van der Waals surface area contributed by atoms with Gasteiger partial charge in [-0.15, -0.1) is 0 Å². The Morgan fingerprint density at radius 2 is 1.50 bits per heavy atom. The first kappa shape index (κ1) is 14.7. The molecule has 2 rings (SSSR count). The molecule has 2 nitrogen and oxygen atoms in total. The van der Waals surface area contributed by atoms with Gasteiger partial charge in [-0.05, 0) is 49.6 Å². The zero-order chi connectivity index (χ0) is 14.5. The minimum Gasteiger partial charge on any atom is -0.383 e. The zero-order valence-corrected chi connectivity index (χ0v) is 13.0. The fourth-order valence-electron chi connectivity index (χ4n) is 2.19. The lowest BCUT2D eigenvalue weighted by Crippen LogP contribution is -2.14. The van der Waals surface area contributed by atoms with Gasteiger partial charge < -0.3 is 10.6 Å². The molecule has 2 N–H and O–H groups in total. The molecule has 2 aromatic rings. The Kier molecular flexibility index (Phi) is 4.91. The Morgan fingerprint density at radius 1 is 0.850 bits per heavy atom. The molecular formula is C17H21ClN2. The summed E-state index contributed by atoms with van der Waals surface area (Å²) in [5.74, 6) is 0. The van der Waals surface area contributed by atoms with Crippen molar-refractivity contribution in [2.24, 2.45) is 0 Å². The maximum atomic E-state index is 6.11. The summed E-state index contributed by atoms with van der Waals surface area (Å²) in [6.45, 7) is 7.99. The Morgan fingerprint density at radius 3 is 2.15 bits per heavy atom. The van der Waals surface area contributed by atoms with Crippen molar-refractivity contribution < 1.29 is 0 Å². The first-order valence-electron chi connectivity index (χ1n) is 6.88. The second-order valence-corrected chi connectivity index (χ2v) is 5.49. The summed E-state index contributed by atoms with van der Waals surface area (Å²) in [4.78, 5) is 0. The molecule has 0 atom stereocenters. The maximum absolute atomic E-state index is 6.11. The third-order valence-corrected chi connectivity index (χ3v) is 3.82. The molecule has 0 spiro atoms. The smallest absolute Gasteiger partial charge is 0.0455 e. The highest BCUT2D eigenvalue weighted by Gasteiger charge is 2.01. The summed E-state index contributed by atoms with van der Waals surface area (Å²) in [5.41, 5.74) is 5.96. The van der Waals surface area contributed by atoms with E-state index in [0.29, 0.717) is 0 Å². The lowest BCUT2D eigenvalue weighted by molar-refractivity contribution is 1.07. The van der Waals surface area contributed by atoms with Crippen LogP contribution in [0, 0.1) is 20.8 Å². The molecule has 2 aromatic carbocycles. The highest BCUT2D eigenvalue weighted by Crippen LogP contribution is 2.20. The van der Waals surface area contributed by atoms with Gasteiger partial charge in [-0.3, -0.25) is 0 Å². The molecule has 0 saturated heterocycles. The van der Waals surface area contributed by atoms with Gasteiger partial charge in [0.2, 0.25) is 0 Å². The lowest BCUT2D eigenvalue weighted by Gasteiger charge is -2.13. The van der Waals surface area contributed by atoms with Gasteiger partial charge in [0, 0.05) is 29.5 Å². The van der Waals surface area contributed by atoms with Crippen LogP contribution in [0.3, 0.4) is 0 Å². The molecule has 0 saturated carbocycles. The number of para-hydroxylation sites is 1. The lowest BCUT2D eigenvalue weighted by atomic mass is 10.1. The number of benzene rings is 2. The van der Waals surface area contributed by atoms with E-state index in [4.69, 9.17) is 11.6 Å². The molecule has 106 valence electrons. The number of nitrogens with one attached hydrogen (secondary N) is 2. The fourth-order valence-corrected chi connectivity index (χ4v) is 2.37. The molecule has 20 heavy (non-hydrogen) atoms. The third kappa shape index (κ3) is 3.67. The Balaban J connectivity index is 1.86. The molecule has 0 fully saturated rings. The van der Waals surface area contributed by atoms with E-state index in [1.807, 2.05) is 19.1 Å². The van der Waals surface area contributed by atoms with E-state index >= 15 is 0 Å². The van der Waals surface area contributed by atoms with Gasteiger partial charge >= 0.3 is 0 Å². The van der Waals surface area contributed by atoms with E-state index in [1.54, 1.807) is 0 Å². The van der Waals surface area contributed by atoms with Crippen molar-refractivity contribution in [3.63, 3.8) is 0 Å². The summed E-state index contributed by atoms with van der Waals surface area (Å²) >= 11 is 6.11. The van der Waals surface area contributed by atoms with Gasteiger partial charge in [0.05, 0.1) is 0 Å². The van der Waals surface area contributed by atoms with Crippen LogP contribution in [0.25, 0.3) is 0 Å². The van der Waals surface area contributed by atoms with Crippen molar-refractivity contribution in [3.05, 3.63) is 58.1 Å². The van der Waals surface area contributed by atoms with Crippen LogP contribution in [0.5, 0.6) is 0 Å². The van der Waals surface area contributed by atoms with E-state index in [2.05, 4.69) is 48.7 Å². The van der Waals surface area contributed by atoms with Gasteiger partial charge in [0.1, 0.15) is 0 Å². The van der Waals surface area contributed by atoms with Crippen molar-refractivity contribution in [1.82, 2.24) is 0 Å². The maximum Gasteiger partial charge on any atom is 0.0455 e. The largest absolute Gasteiger partial charge is 0.383 e. The Hall–Kier alpha value is -1.67. The molecular weight excluding hydrogens is 268 g/mol. The number of anilines is 2. The van der Waals surface area contributed by atoms with Crippen molar-refractivity contribution in [3.8, 4) is 0 Å². The number of aryl methyl sites for hydroxylation is 3. The molecule has 0 amide bonds. The topological polar surface area (TPSA) is 24.1 Å². The quantitative estimate of drug-likeness (QED) is 0.773. The average Bonchev–Trinajstić information content (AvgIpc) is 2.41. The molecule has 3 heteroatoms. The van der Waals surface area contributed by atoms with Crippen LogP contribution in [-0.2, 0) is 0 Å². The summed E-state index contributed by atoms with van der Waals surface area (Å²) in [7, 11) is 0. The highest BCUT2D eigenvalue weighted by molar-refractivity contribution is 6.31. The van der Waals surface area contributed by atoms with Crippen LogP contribution in [0.2, 0.25) is 5.02 Å². The van der Waals surface area contributed by atoms with Crippen LogP contribution in [0.1, 0.15) is 16.7 Å². The van der Waals surface area contributed by atoms with Crippen LogP contribution in [0.15, 0.2) is 36.4 Å². The zero-order valence-electron chi connectivity index (χ0n) is 12.3. The number of hydrogen-bond acceptors (Lipinski definition) is 2. The van der Waals surface area contributed by atoms with E-state index in [-0.39, 0.29) is 0 Å². The fraction of sp³-hybridized carbons (Fsp3) is 0.294. The van der Waals surface area contributed by atoms with Crippen LogP contribution in [-0.4, -0.2) is 13.1 Å². The van der Waals surface area contributed by atoms with Crippen molar-refractivity contribution in [2.75, 3.05) is 23.7 Å². The monoisotopic (exact) mass is 288 g/mol. The standard InChI is InChI=1S/C17H21ClN2/c1-12-7-8-15(11-16(12)18)19-9-10-20-17-13(2)5-4-6-14(17)3/h4-8,11,19-20H,9-10H2,1-3H3. The first-order chi connectivity index (χ1) is 9.58. The second-order valence-electron chi connectivity index (χ2n) is 5.08. The van der Waals surface area contributed by atoms with Crippen molar-refractivity contribution >= 4 is 23.0 Å². The summed E-state index contributed by atoms with van der Waals surface area (Å²) in [5, 5.41) is 7.66. The predicted octanol–water partition coefficient (Wildman–Crippen LogP) is 4.79. The molecule has 0 aliphatic carbocycles. The SMILES string of the molecule is Cc1ccc(NCCNc2c(C)cccc2C)cc1Cl. The molecule has 0 bridgehead atoms. The summed E-state index contributed by atoms with van der Waals surface area (Å²) < 4.78 is 0. The molecule has 0 aliphatic rings. The molecule has 0 unspecified atom stereocenters. The van der Waals surface area contributed by atoms with Crippen molar-refractivity contribution in [1.29, 1.82) is 0 Å². The number of halogens is 1. The Labute approximate surface area is 126 Å². The van der Waals surface area contributed by atoms with Crippen LogP contribution >= 0.6 is 11.6 Å². The first-order valence-corrected chi connectivity index (χ1v) is 7.26. The minimum absolute atomic E-state index is 0.803. The van der Waals surface area contributed by atoms with E-state index in [9.17, 15) is 0 Å². The van der Waals surface area contributed by atoms with Crippen LogP contribution < -0.4 is 10.6 Å². The van der Waals surface area contributed by atoms with Gasteiger partial charge in [0.15, 0.2) is 0 Å². The Bertz CT molecular complexity index is 573.